The van der Waals surface area contributed by atoms with Gasteiger partial charge in [-0.2, -0.15) is 11.8 Å². The minimum atomic E-state index is -0.863. The predicted octanol–water partition coefficient (Wildman–Crippen LogP) is 3.40. The summed E-state index contributed by atoms with van der Waals surface area (Å²) in [7, 11) is 0. The third-order valence-corrected chi connectivity index (χ3v) is 3.18. The highest BCUT2D eigenvalue weighted by molar-refractivity contribution is 9.10. The molecule has 0 saturated carbocycles. The summed E-state index contributed by atoms with van der Waals surface area (Å²) in [5.74, 6) is 0.888. The number of aromatic carboxylic acids is 1. The third-order valence-electron chi connectivity index (χ3n) is 1.76. The van der Waals surface area contributed by atoms with E-state index in [1.165, 1.54) is 0 Å². The van der Waals surface area contributed by atoms with Crippen molar-refractivity contribution in [3.63, 3.8) is 0 Å². The topological polar surface area (TPSA) is 37.3 Å². The Balaban J connectivity index is 2.96. The van der Waals surface area contributed by atoms with Gasteiger partial charge >= 0.3 is 5.97 Å². The molecule has 0 unspecified atom stereocenters. The van der Waals surface area contributed by atoms with Gasteiger partial charge < -0.3 is 5.11 Å². The van der Waals surface area contributed by atoms with E-state index in [0.717, 1.165) is 21.5 Å². The van der Waals surface area contributed by atoms with E-state index < -0.39 is 5.97 Å². The largest absolute Gasteiger partial charge is 0.478 e. The van der Waals surface area contributed by atoms with Crippen LogP contribution in [0, 0.1) is 0 Å². The van der Waals surface area contributed by atoms with Gasteiger partial charge in [0, 0.05) is 10.2 Å². The fraction of sp³-hybridized carbons (Fsp3) is 0.300. The maximum absolute atomic E-state index is 10.9. The molecule has 1 rings (SSSR count). The molecular weight excluding hydrogens is 264 g/mol. The van der Waals surface area contributed by atoms with E-state index in [1.807, 2.05) is 12.1 Å². The number of thioether (sulfide) groups is 1. The molecule has 0 aliphatic heterocycles. The van der Waals surface area contributed by atoms with Crippen molar-refractivity contribution < 1.29 is 9.90 Å². The van der Waals surface area contributed by atoms with Crippen molar-refractivity contribution in [3.05, 3.63) is 33.8 Å². The lowest BCUT2D eigenvalue weighted by atomic mass is 10.1. The van der Waals surface area contributed by atoms with Crippen molar-refractivity contribution in [2.24, 2.45) is 0 Å². The Bertz CT molecular complexity index is 339. The molecular formula is C10H11BrO2S. The molecule has 0 atom stereocenters. The van der Waals surface area contributed by atoms with Crippen LogP contribution in [0.1, 0.15) is 22.8 Å². The average Bonchev–Trinajstić information content (AvgIpc) is 2.15. The highest BCUT2D eigenvalue weighted by Crippen LogP contribution is 2.20. The molecule has 76 valence electrons. The quantitative estimate of drug-likeness (QED) is 0.915. The standard InChI is InChI=1S/C10H11BrO2S/c1-2-14-6-7-3-4-8(11)5-9(7)10(12)13/h3-5H,2,6H2,1H3,(H,12,13). The molecule has 0 aromatic heterocycles. The summed E-state index contributed by atoms with van der Waals surface area (Å²) in [6, 6.07) is 5.38. The van der Waals surface area contributed by atoms with Crippen LogP contribution in [-0.4, -0.2) is 16.8 Å². The van der Waals surface area contributed by atoms with Gasteiger partial charge in [0.05, 0.1) is 5.56 Å². The third kappa shape index (κ3) is 3.03. The number of carbonyl (C=O) groups is 1. The second-order valence-corrected chi connectivity index (χ2v) is 4.93. The fourth-order valence-electron chi connectivity index (χ4n) is 1.09. The first-order chi connectivity index (χ1) is 6.65. The van der Waals surface area contributed by atoms with Crippen LogP contribution in [0.3, 0.4) is 0 Å². The lowest BCUT2D eigenvalue weighted by Gasteiger charge is -2.05. The van der Waals surface area contributed by atoms with Gasteiger partial charge in [-0.15, -0.1) is 0 Å². The molecule has 0 amide bonds. The zero-order valence-electron chi connectivity index (χ0n) is 7.79. The first-order valence-corrected chi connectivity index (χ1v) is 6.19. The summed E-state index contributed by atoms with van der Waals surface area (Å²) in [5.41, 5.74) is 1.27. The van der Waals surface area contributed by atoms with Gasteiger partial charge in [0.25, 0.3) is 0 Å². The summed E-state index contributed by atoms with van der Waals surface area (Å²) in [6.45, 7) is 2.06. The molecule has 1 aromatic rings. The van der Waals surface area contributed by atoms with Crippen LogP contribution in [-0.2, 0) is 5.75 Å². The Morgan fingerprint density at radius 2 is 2.29 bits per heavy atom. The molecule has 0 aliphatic carbocycles. The van der Waals surface area contributed by atoms with Crippen molar-refractivity contribution >= 4 is 33.7 Å². The van der Waals surface area contributed by atoms with E-state index in [9.17, 15) is 4.79 Å². The first kappa shape index (κ1) is 11.6. The molecule has 0 spiro atoms. The zero-order chi connectivity index (χ0) is 10.6. The molecule has 2 nitrogen and oxygen atoms in total. The smallest absolute Gasteiger partial charge is 0.336 e. The Kier molecular flexibility index (Phi) is 4.48. The van der Waals surface area contributed by atoms with E-state index in [0.29, 0.717) is 5.56 Å². The van der Waals surface area contributed by atoms with Gasteiger partial charge in [-0.3, -0.25) is 0 Å². The molecule has 0 heterocycles. The van der Waals surface area contributed by atoms with E-state index in [2.05, 4.69) is 22.9 Å². The molecule has 0 fully saturated rings. The molecule has 4 heteroatoms. The van der Waals surface area contributed by atoms with E-state index in [4.69, 9.17) is 5.11 Å². The number of rotatable bonds is 4. The summed E-state index contributed by atoms with van der Waals surface area (Å²) in [4.78, 5) is 10.9. The number of carboxylic acid groups (broad SMARTS) is 1. The van der Waals surface area contributed by atoms with E-state index >= 15 is 0 Å². The van der Waals surface area contributed by atoms with Gasteiger partial charge in [0.2, 0.25) is 0 Å². The van der Waals surface area contributed by atoms with Gasteiger partial charge in [-0.1, -0.05) is 28.9 Å². The highest BCUT2D eigenvalue weighted by Gasteiger charge is 2.09. The van der Waals surface area contributed by atoms with Crippen molar-refractivity contribution in [1.29, 1.82) is 0 Å². The molecule has 0 bridgehead atoms. The Morgan fingerprint density at radius 3 is 2.86 bits per heavy atom. The minimum Gasteiger partial charge on any atom is -0.478 e. The zero-order valence-corrected chi connectivity index (χ0v) is 10.2. The van der Waals surface area contributed by atoms with Crippen LogP contribution in [0.4, 0.5) is 0 Å². The molecule has 0 saturated heterocycles. The lowest BCUT2D eigenvalue weighted by Crippen LogP contribution is -2.01. The van der Waals surface area contributed by atoms with Crippen LogP contribution in [0.5, 0.6) is 0 Å². The second kappa shape index (κ2) is 5.41. The summed E-state index contributed by atoms with van der Waals surface area (Å²) in [5, 5.41) is 8.96. The van der Waals surface area contributed by atoms with Crippen LogP contribution in [0.15, 0.2) is 22.7 Å². The van der Waals surface area contributed by atoms with E-state index in [1.54, 1.807) is 17.8 Å². The normalized spacial score (nSPS) is 10.1. The Morgan fingerprint density at radius 1 is 1.57 bits per heavy atom. The van der Waals surface area contributed by atoms with Crippen molar-refractivity contribution in [1.82, 2.24) is 0 Å². The molecule has 0 aliphatic rings. The number of benzene rings is 1. The van der Waals surface area contributed by atoms with Crippen molar-refractivity contribution in [2.75, 3.05) is 5.75 Å². The fourth-order valence-corrected chi connectivity index (χ4v) is 2.12. The van der Waals surface area contributed by atoms with Gasteiger partial charge in [-0.25, -0.2) is 4.79 Å². The summed E-state index contributed by atoms with van der Waals surface area (Å²) in [6.07, 6.45) is 0. The number of halogens is 1. The number of hydrogen-bond acceptors (Lipinski definition) is 2. The van der Waals surface area contributed by atoms with Crippen LogP contribution < -0.4 is 0 Å². The first-order valence-electron chi connectivity index (χ1n) is 4.24. The van der Waals surface area contributed by atoms with Gasteiger partial charge in [0.15, 0.2) is 0 Å². The molecule has 0 radical (unpaired) electrons. The number of hydrogen-bond donors (Lipinski definition) is 1. The summed E-state index contributed by atoms with van der Waals surface area (Å²) >= 11 is 4.98. The minimum absolute atomic E-state index is 0.389. The van der Waals surface area contributed by atoms with E-state index in [-0.39, 0.29) is 0 Å². The van der Waals surface area contributed by atoms with Crippen LogP contribution in [0.2, 0.25) is 0 Å². The summed E-state index contributed by atoms with van der Waals surface area (Å²) < 4.78 is 0.806. The predicted molar refractivity (Wildman–Crippen MR) is 62.9 cm³/mol. The molecule has 1 aromatic carbocycles. The Hall–Kier alpha value is -0.480. The average molecular weight is 275 g/mol. The molecule has 1 N–H and O–H groups in total. The van der Waals surface area contributed by atoms with Crippen molar-refractivity contribution in [2.45, 2.75) is 12.7 Å². The second-order valence-electron chi connectivity index (χ2n) is 2.74. The maximum atomic E-state index is 10.9. The van der Waals surface area contributed by atoms with Gasteiger partial charge in [-0.05, 0) is 23.4 Å². The number of carboxylic acids is 1. The van der Waals surface area contributed by atoms with Crippen molar-refractivity contribution in [3.8, 4) is 0 Å². The van der Waals surface area contributed by atoms with Crippen LogP contribution >= 0.6 is 27.7 Å². The molecule has 14 heavy (non-hydrogen) atoms. The SMILES string of the molecule is CCSCc1ccc(Br)cc1C(=O)O. The van der Waals surface area contributed by atoms with Crippen LogP contribution in [0.25, 0.3) is 0 Å². The lowest BCUT2D eigenvalue weighted by molar-refractivity contribution is 0.0696. The van der Waals surface area contributed by atoms with Gasteiger partial charge in [0.1, 0.15) is 0 Å². The monoisotopic (exact) mass is 274 g/mol. The maximum Gasteiger partial charge on any atom is 0.336 e. The highest BCUT2D eigenvalue weighted by atomic mass is 79.9. The Labute approximate surface area is 95.8 Å².